The number of nitrogens with zero attached hydrogens (tertiary/aromatic N) is 1. The van der Waals surface area contributed by atoms with Gasteiger partial charge in [0.05, 0.1) is 23.0 Å². The van der Waals surface area contributed by atoms with E-state index in [9.17, 15) is 23.1 Å². The summed E-state index contributed by atoms with van der Waals surface area (Å²) in [7, 11) is -2.61. The highest BCUT2D eigenvalue weighted by Crippen LogP contribution is 2.35. The van der Waals surface area contributed by atoms with Crippen LogP contribution in [0.3, 0.4) is 0 Å². The summed E-state index contributed by atoms with van der Waals surface area (Å²) in [5, 5.41) is 14.7. The lowest BCUT2D eigenvalue weighted by Crippen LogP contribution is -2.49. The first-order valence-corrected chi connectivity index (χ1v) is 9.43. The Morgan fingerprint density at radius 1 is 1.40 bits per heavy atom. The zero-order valence-electron chi connectivity index (χ0n) is 14.2. The first kappa shape index (κ1) is 19.2. The Bertz CT molecular complexity index is 792. The van der Waals surface area contributed by atoms with Gasteiger partial charge in [0.25, 0.3) is 5.91 Å². The average molecular weight is 370 g/mol. The monoisotopic (exact) mass is 370 g/mol. The third-order valence-corrected chi connectivity index (χ3v) is 5.64. The number of rotatable bonds is 5. The summed E-state index contributed by atoms with van der Waals surface area (Å²) in [5.74, 6) is -1.20. The molecule has 0 bridgehead atoms. The summed E-state index contributed by atoms with van der Waals surface area (Å²) >= 11 is 0. The van der Waals surface area contributed by atoms with Crippen LogP contribution in [-0.2, 0) is 14.8 Å². The fourth-order valence-corrected chi connectivity index (χ4v) is 3.66. The number of carboxylic acids is 1. The molecule has 25 heavy (non-hydrogen) atoms. The van der Waals surface area contributed by atoms with Gasteiger partial charge in [-0.05, 0) is 37.5 Å². The predicted octanol–water partition coefficient (Wildman–Crippen LogP) is 1.06. The first-order valence-electron chi connectivity index (χ1n) is 7.88. The zero-order valence-corrected chi connectivity index (χ0v) is 15.0. The lowest BCUT2D eigenvalue weighted by atomic mass is 9.77. The minimum absolute atomic E-state index is 0.0475. The second-order valence-corrected chi connectivity index (χ2v) is 7.74. The molecule has 1 aliphatic rings. The number of hydrogen-bond donors (Lipinski definition) is 2. The van der Waals surface area contributed by atoms with Crippen molar-refractivity contribution < 1.29 is 27.9 Å². The van der Waals surface area contributed by atoms with E-state index in [-0.39, 0.29) is 22.8 Å². The highest BCUT2D eigenvalue weighted by atomic mass is 32.2. The summed E-state index contributed by atoms with van der Waals surface area (Å²) in [6, 6.07) is 3.79. The molecular formula is C16H22N2O6S. The van der Waals surface area contributed by atoms with Gasteiger partial charge in [0.15, 0.2) is 0 Å². The van der Waals surface area contributed by atoms with Crippen LogP contribution in [0.1, 0.15) is 36.5 Å². The highest BCUT2D eigenvalue weighted by molar-refractivity contribution is 7.89. The van der Waals surface area contributed by atoms with Crippen molar-refractivity contribution in [3.8, 4) is 5.75 Å². The van der Waals surface area contributed by atoms with E-state index in [4.69, 9.17) is 9.88 Å². The molecule has 0 saturated carbocycles. The van der Waals surface area contributed by atoms with E-state index >= 15 is 0 Å². The summed E-state index contributed by atoms with van der Waals surface area (Å²) in [6.07, 6.45) is 1.46. The Labute approximate surface area is 146 Å². The molecule has 1 atom stereocenters. The average Bonchev–Trinajstić information content (AvgIpc) is 2.59. The Kier molecular flexibility index (Phi) is 5.38. The summed E-state index contributed by atoms with van der Waals surface area (Å²) in [4.78, 5) is 25.8. The molecule has 8 nitrogen and oxygen atoms in total. The van der Waals surface area contributed by atoms with Gasteiger partial charge in [-0.2, -0.15) is 0 Å². The van der Waals surface area contributed by atoms with Crippen molar-refractivity contribution in [2.75, 3.05) is 20.2 Å². The molecule has 0 spiro atoms. The van der Waals surface area contributed by atoms with Crippen LogP contribution >= 0.6 is 0 Å². The van der Waals surface area contributed by atoms with Gasteiger partial charge in [-0.1, -0.05) is 6.92 Å². The lowest BCUT2D eigenvalue weighted by molar-refractivity contribution is -0.152. The van der Waals surface area contributed by atoms with Gasteiger partial charge >= 0.3 is 5.97 Å². The molecule has 9 heteroatoms. The van der Waals surface area contributed by atoms with E-state index in [1.807, 2.05) is 0 Å². The number of carbonyl (C=O) groups is 2. The topological polar surface area (TPSA) is 127 Å². The number of carbonyl (C=O) groups excluding carboxylic acids is 1. The summed E-state index contributed by atoms with van der Waals surface area (Å²) in [5.41, 5.74) is -0.940. The number of primary sulfonamides is 1. The van der Waals surface area contributed by atoms with Gasteiger partial charge in [0, 0.05) is 13.1 Å². The predicted molar refractivity (Wildman–Crippen MR) is 89.9 cm³/mol. The molecule has 1 saturated heterocycles. The van der Waals surface area contributed by atoms with Crippen LogP contribution in [0.5, 0.6) is 5.75 Å². The van der Waals surface area contributed by atoms with Gasteiger partial charge < -0.3 is 14.7 Å². The van der Waals surface area contributed by atoms with Gasteiger partial charge in [0.2, 0.25) is 10.0 Å². The summed E-state index contributed by atoms with van der Waals surface area (Å²) in [6.45, 7) is 2.25. The van der Waals surface area contributed by atoms with Crippen LogP contribution in [-0.4, -0.2) is 50.5 Å². The maximum absolute atomic E-state index is 12.9. The number of sulfonamides is 1. The molecule has 3 N–H and O–H groups in total. The smallest absolute Gasteiger partial charge is 0.311 e. The molecule has 1 aromatic rings. The van der Waals surface area contributed by atoms with Crippen molar-refractivity contribution in [1.82, 2.24) is 4.90 Å². The van der Waals surface area contributed by atoms with E-state index in [0.29, 0.717) is 25.8 Å². The van der Waals surface area contributed by atoms with Crippen LogP contribution in [0, 0.1) is 5.41 Å². The minimum Gasteiger partial charge on any atom is -0.496 e. The Morgan fingerprint density at radius 2 is 2.08 bits per heavy atom. The molecule has 1 aromatic carbocycles. The molecule has 138 valence electrons. The molecule has 1 heterocycles. The summed E-state index contributed by atoms with van der Waals surface area (Å²) < 4.78 is 28.3. The SMILES string of the molecule is CCC1(C(=O)O)CCCN(C(=O)c2cc(S(N)(=O)=O)ccc2OC)C1. The number of ether oxygens (including phenoxy) is 1. The Hall–Kier alpha value is -2.13. The fraction of sp³-hybridized carbons (Fsp3) is 0.500. The van der Waals surface area contributed by atoms with Gasteiger partial charge in [-0.25, -0.2) is 13.6 Å². The maximum Gasteiger partial charge on any atom is 0.311 e. The van der Waals surface area contributed by atoms with E-state index < -0.39 is 27.3 Å². The number of piperidine rings is 1. The van der Waals surface area contributed by atoms with Crippen molar-refractivity contribution in [1.29, 1.82) is 0 Å². The van der Waals surface area contributed by atoms with Crippen LogP contribution in [0.2, 0.25) is 0 Å². The largest absolute Gasteiger partial charge is 0.496 e. The van der Waals surface area contributed by atoms with Crippen molar-refractivity contribution >= 4 is 21.9 Å². The molecule has 1 fully saturated rings. The van der Waals surface area contributed by atoms with E-state index in [1.165, 1.54) is 30.2 Å². The molecule has 0 aliphatic carbocycles. The molecule has 0 aromatic heterocycles. The van der Waals surface area contributed by atoms with E-state index in [1.54, 1.807) is 6.92 Å². The number of benzene rings is 1. The standard InChI is InChI=1S/C16H22N2O6S/c1-3-16(15(20)21)7-4-8-18(10-16)14(19)12-9-11(25(17,22)23)5-6-13(12)24-2/h5-6,9H,3-4,7-8,10H2,1-2H3,(H,20,21)(H2,17,22,23). The normalized spacial score (nSPS) is 21.0. The van der Waals surface area contributed by atoms with Crippen molar-refractivity contribution in [2.45, 2.75) is 31.1 Å². The van der Waals surface area contributed by atoms with Crippen molar-refractivity contribution in [3.63, 3.8) is 0 Å². The molecule has 1 aliphatic heterocycles. The number of hydrogen-bond acceptors (Lipinski definition) is 5. The van der Waals surface area contributed by atoms with Crippen LogP contribution < -0.4 is 9.88 Å². The number of methoxy groups -OCH3 is 1. The molecule has 1 unspecified atom stereocenters. The van der Waals surface area contributed by atoms with E-state index in [2.05, 4.69) is 0 Å². The Balaban J connectivity index is 2.41. The minimum atomic E-state index is -3.98. The molecule has 1 amide bonds. The molecule has 2 rings (SSSR count). The van der Waals surface area contributed by atoms with E-state index in [0.717, 1.165) is 0 Å². The number of likely N-dealkylation sites (tertiary alicyclic amines) is 1. The van der Waals surface area contributed by atoms with Gasteiger partial charge in [-0.3, -0.25) is 9.59 Å². The second kappa shape index (κ2) is 7.01. The molecular weight excluding hydrogens is 348 g/mol. The van der Waals surface area contributed by atoms with Gasteiger partial charge in [0.1, 0.15) is 5.75 Å². The highest BCUT2D eigenvalue weighted by Gasteiger charge is 2.42. The van der Waals surface area contributed by atoms with Crippen molar-refractivity contribution in [2.24, 2.45) is 10.6 Å². The number of nitrogens with two attached hydrogens (primary N) is 1. The maximum atomic E-state index is 12.9. The van der Waals surface area contributed by atoms with Crippen LogP contribution in [0.25, 0.3) is 0 Å². The zero-order chi connectivity index (χ0) is 18.8. The quantitative estimate of drug-likeness (QED) is 0.798. The van der Waals surface area contributed by atoms with Crippen molar-refractivity contribution in [3.05, 3.63) is 23.8 Å². The van der Waals surface area contributed by atoms with Gasteiger partial charge in [-0.15, -0.1) is 0 Å². The third kappa shape index (κ3) is 3.77. The lowest BCUT2D eigenvalue weighted by Gasteiger charge is -2.39. The van der Waals surface area contributed by atoms with Crippen LogP contribution in [0.4, 0.5) is 0 Å². The number of aliphatic carboxylic acids is 1. The third-order valence-electron chi connectivity index (χ3n) is 4.72. The first-order chi connectivity index (χ1) is 11.6. The molecule has 0 radical (unpaired) electrons. The fourth-order valence-electron chi connectivity index (χ4n) is 3.12. The Morgan fingerprint density at radius 3 is 2.60 bits per heavy atom. The number of amides is 1. The second-order valence-electron chi connectivity index (χ2n) is 6.18. The van der Waals surface area contributed by atoms with Crippen LogP contribution in [0.15, 0.2) is 23.1 Å². The number of carboxylic acid groups (broad SMARTS) is 1.